The summed E-state index contributed by atoms with van der Waals surface area (Å²) in [7, 11) is 0. The predicted molar refractivity (Wildman–Crippen MR) is 112 cm³/mol. The fourth-order valence-corrected chi connectivity index (χ4v) is 2.76. The van der Waals surface area contributed by atoms with E-state index in [1.807, 2.05) is 51.1 Å². The highest BCUT2D eigenvalue weighted by atomic mass is 16.5. The Hall–Kier alpha value is -2.66. The number of nitrogens with two attached hydrogens (primary N) is 1. The summed E-state index contributed by atoms with van der Waals surface area (Å²) in [4.78, 5) is 22.9. The fourth-order valence-electron chi connectivity index (χ4n) is 2.76. The summed E-state index contributed by atoms with van der Waals surface area (Å²) >= 11 is 0. The molecule has 1 aromatic rings. The predicted octanol–water partition coefficient (Wildman–Crippen LogP) is 3.64. The van der Waals surface area contributed by atoms with E-state index in [1.54, 1.807) is 18.2 Å². The van der Waals surface area contributed by atoms with Crippen LogP contribution in [0, 0.1) is 11.8 Å². The van der Waals surface area contributed by atoms with E-state index in [0.29, 0.717) is 6.42 Å². The van der Waals surface area contributed by atoms with Crippen LogP contribution in [0.3, 0.4) is 0 Å². The molecule has 4 atom stereocenters. The first-order valence-corrected chi connectivity index (χ1v) is 9.59. The van der Waals surface area contributed by atoms with Crippen LogP contribution in [0.2, 0.25) is 0 Å². The van der Waals surface area contributed by atoms with Gasteiger partial charge in [0.2, 0.25) is 5.91 Å². The van der Waals surface area contributed by atoms with Gasteiger partial charge < -0.3 is 15.6 Å². The van der Waals surface area contributed by atoms with Crippen LogP contribution in [-0.4, -0.2) is 29.2 Å². The zero-order valence-corrected chi connectivity index (χ0v) is 16.8. The number of amides is 1. The highest BCUT2D eigenvalue weighted by molar-refractivity contribution is 5.87. The second kappa shape index (κ2) is 12.7. The maximum absolute atomic E-state index is 12.3. The van der Waals surface area contributed by atoms with E-state index in [2.05, 4.69) is 0 Å². The van der Waals surface area contributed by atoms with Gasteiger partial charge in [-0.25, -0.2) is 4.79 Å². The van der Waals surface area contributed by atoms with Crippen LogP contribution < -0.4 is 5.73 Å². The average Bonchev–Trinajstić information content (AvgIpc) is 2.69. The molecule has 5 heteroatoms. The Morgan fingerprint density at radius 3 is 2.43 bits per heavy atom. The van der Waals surface area contributed by atoms with Crippen molar-refractivity contribution in [2.75, 3.05) is 0 Å². The summed E-state index contributed by atoms with van der Waals surface area (Å²) in [5.74, 6) is -1.08. The summed E-state index contributed by atoms with van der Waals surface area (Å²) in [6.07, 6.45) is 9.45. The van der Waals surface area contributed by atoms with Crippen molar-refractivity contribution in [1.29, 1.82) is 0 Å². The van der Waals surface area contributed by atoms with E-state index in [4.69, 9.17) is 10.5 Å². The molecule has 152 valence electrons. The molecule has 1 aromatic carbocycles. The number of esters is 1. The smallest absolute Gasteiger partial charge is 0.331 e. The van der Waals surface area contributed by atoms with Crippen molar-refractivity contribution in [2.24, 2.45) is 17.6 Å². The van der Waals surface area contributed by atoms with Crippen molar-refractivity contribution in [1.82, 2.24) is 0 Å². The molecule has 0 heterocycles. The third kappa shape index (κ3) is 8.82. The summed E-state index contributed by atoms with van der Waals surface area (Å²) in [5, 5.41) is 10.5. The van der Waals surface area contributed by atoms with Gasteiger partial charge in [0.15, 0.2) is 0 Å². The van der Waals surface area contributed by atoms with Crippen LogP contribution in [0.25, 0.3) is 6.08 Å². The third-order valence-electron chi connectivity index (χ3n) is 4.68. The zero-order valence-electron chi connectivity index (χ0n) is 16.8. The Kier molecular flexibility index (Phi) is 10.6. The van der Waals surface area contributed by atoms with Gasteiger partial charge in [0.1, 0.15) is 6.10 Å². The molecule has 0 unspecified atom stereocenters. The Bertz CT molecular complexity index is 694. The number of hydrogen-bond acceptors (Lipinski definition) is 4. The van der Waals surface area contributed by atoms with Gasteiger partial charge in [-0.2, -0.15) is 0 Å². The normalized spacial score (nSPS) is 16.3. The van der Waals surface area contributed by atoms with Gasteiger partial charge in [-0.1, -0.05) is 75.8 Å². The van der Waals surface area contributed by atoms with Crippen molar-refractivity contribution in [3.63, 3.8) is 0 Å². The van der Waals surface area contributed by atoms with Crippen LogP contribution in [0.5, 0.6) is 0 Å². The largest absolute Gasteiger partial charge is 0.459 e. The van der Waals surface area contributed by atoms with E-state index in [-0.39, 0.29) is 11.8 Å². The molecule has 0 spiro atoms. The number of benzene rings is 1. The van der Waals surface area contributed by atoms with Gasteiger partial charge in [-0.05, 0) is 24.0 Å². The second-order valence-electron chi connectivity index (χ2n) is 6.88. The van der Waals surface area contributed by atoms with Crippen molar-refractivity contribution < 1.29 is 19.4 Å². The molecular formula is C23H31NO4. The summed E-state index contributed by atoms with van der Waals surface area (Å²) in [6.45, 7) is 5.91. The Balaban J connectivity index is 2.71. The summed E-state index contributed by atoms with van der Waals surface area (Å²) < 4.78 is 5.68. The minimum atomic E-state index is -0.678. The number of carbonyl (C=O) groups is 2. The fraction of sp³-hybridized carbons (Fsp3) is 0.391. The van der Waals surface area contributed by atoms with Crippen molar-refractivity contribution >= 4 is 18.0 Å². The molecule has 0 bridgehead atoms. The van der Waals surface area contributed by atoms with Crippen molar-refractivity contribution in [3.8, 4) is 0 Å². The molecule has 0 aromatic heterocycles. The zero-order chi connectivity index (χ0) is 20.9. The quantitative estimate of drug-likeness (QED) is 0.346. The SMILES string of the molecule is CC[C@@H](C)[C@H](OC(=O)C=Cc1ccccc1)[C@H](C)[C@H](O)CC=CC=CC(N)=O. The van der Waals surface area contributed by atoms with Gasteiger partial charge in [0, 0.05) is 18.1 Å². The molecule has 0 aliphatic rings. The molecule has 0 saturated carbocycles. The lowest BCUT2D eigenvalue weighted by Crippen LogP contribution is -2.37. The second-order valence-corrected chi connectivity index (χ2v) is 6.88. The van der Waals surface area contributed by atoms with Gasteiger partial charge >= 0.3 is 5.97 Å². The Morgan fingerprint density at radius 1 is 1.14 bits per heavy atom. The number of rotatable bonds is 11. The first-order valence-electron chi connectivity index (χ1n) is 9.59. The molecule has 0 fully saturated rings. The molecule has 28 heavy (non-hydrogen) atoms. The number of ether oxygens (including phenoxy) is 1. The lowest BCUT2D eigenvalue weighted by Gasteiger charge is -2.31. The maximum atomic E-state index is 12.3. The van der Waals surface area contributed by atoms with Crippen LogP contribution in [0.15, 0.2) is 60.7 Å². The molecule has 0 radical (unpaired) electrons. The topological polar surface area (TPSA) is 89.6 Å². The third-order valence-corrected chi connectivity index (χ3v) is 4.68. The van der Waals surface area contributed by atoms with Crippen LogP contribution in [0.1, 0.15) is 39.2 Å². The lowest BCUT2D eigenvalue weighted by molar-refractivity contribution is -0.151. The first kappa shape index (κ1) is 23.4. The molecule has 1 rings (SSSR count). The van der Waals surface area contributed by atoms with Crippen LogP contribution >= 0.6 is 0 Å². The Labute approximate surface area is 167 Å². The number of carbonyl (C=O) groups excluding carboxylic acids is 2. The van der Waals surface area contributed by atoms with Crippen molar-refractivity contribution in [2.45, 2.75) is 45.8 Å². The number of aliphatic hydroxyl groups is 1. The van der Waals surface area contributed by atoms with E-state index >= 15 is 0 Å². The van der Waals surface area contributed by atoms with Crippen LogP contribution in [-0.2, 0) is 14.3 Å². The maximum Gasteiger partial charge on any atom is 0.331 e. The first-order chi connectivity index (χ1) is 13.3. The average molecular weight is 386 g/mol. The molecular weight excluding hydrogens is 354 g/mol. The van der Waals surface area contributed by atoms with E-state index in [1.165, 1.54) is 18.2 Å². The summed E-state index contributed by atoms with van der Waals surface area (Å²) in [5.41, 5.74) is 5.93. The van der Waals surface area contributed by atoms with E-state index in [0.717, 1.165) is 12.0 Å². The van der Waals surface area contributed by atoms with Gasteiger partial charge in [-0.15, -0.1) is 0 Å². The van der Waals surface area contributed by atoms with E-state index < -0.39 is 24.1 Å². The highest BCUT2D eigenvalue weighted by Gasteiger charge is 2.30. The molecule has 0 aliphatic carbocycles. The van der Waals surface area contributed by atoms with Crippen molar-refractivity contribution in [3.05, 3.63) is 66.3 Å². The molecule has 5 nitrogen and oxygen atoms in total. The standard InChI is InChI=1S/C23H31NO4/c1-4-17(2)23(18(3)20(25)13-9-6-10-14-21(24)26)28-22(27)16-15-19-11-7-5-8-12-19/h5-12,14-18,20,23,25H,4,13H2,1-3H3,(H2,24,26)/t17-,18-,20-,23+/m1/s1. The van der Waals surface area contributed by atoms with Crippen LogP contribution in [0.4, 0.5) is 0 Å². The Morgan fingerprint density at radius 2 is 1.82 bits per heavy atom. The molecule has 0 saturated heterocycles. The lowest BCUT2D eigenvalue weighted by atomic mass is 9.86. The molecule has 3 N–H and O–H groups in total. The minimum absolute atomic E-state index is 0.109. The van der Waals surface area contributed by atoms with Gasteiger partial charge in [0.25, 0.3) is 0 Å². The number of hydrogen-bond donors (Lipinski definition) is 2. The number of primary amides is 1. The molecule has 1 amide bonds. The number of allylic oxidation sites excluding steroid dienone is 2. The highest BCUT2D eigenvalue weighted by Crippen LogP contribution is 2.24. The summed E-state index contributed by atoms with van der Waals surface area (Å²) in [6, 6.07) is 9.52. The van der Waals surface area contributed by atoms with E-state index in [9.17, 15) is 14.7 Å². The monoisotopic (exact) mass is 385 g/mol. The van der Waals surface area contributed by atoms with Gasteiger partial charge in [-0.3, -0.25) is 4.79 Å². The van der Waals surface area contributed by atoms with Gasteiger partial charge in [0.05, 0.1) is 6.10 Å². The minimum Gasteiger partial charge on any atom is -0.459 e. The molecule has 0 aliphatic heterocycles. The number of aliphatic hydroxyl groups excluding tert-OH is 1.